The van der Waals surface area contributed by atoms with Gasteiger partial charge in [-0.05, 0) is 42.2 Å². The highest BCUT2D eigenvalue weighted by atomic mass is 79.9. The van der Waals surface area contributed by atoms with E-state index >= 15 is 0 Å². The third kappa shape index (κ3) is 4.19. The van der Waals surface area contributed by atoms with Crippen molar-refractivity contribution < 1.29 is 0 Å². The summed E-state index contributed by atoms with van der Waals surface area (Å²) >= 11 is 3.46. The molecule has 0 heterocycles. The first-order chi connectivity index (χ1) is 9.19. The van der Waals surface area contributed by atoms with E-state index in [0.717, 1.165) is 17.4 Å². The second-order valence-electron chi connectivity index (χ2n) is 4.82. The smallest absolute Gasteiger partial charge is 0.0294 e. The molecule has 0 aromatic heterocycles. The summed E-state index contributed by atoms with van der Waals surface area (Å²) in [5.41, 5.74) is 4.04. The molecule has 0 saturated carbocycles. The van der Waals surface area contributed by atoms with E-state index in [2.05, 4.69) is 83.6 Å². The number of hydrogen-bond donors (Lipinski definition) is 1. The van der Waals surface area contributed by atoms with Gasteiger partial charge in [-0.25, -0.2) is 0 Å². The maximum absolute atomic E-state index is 3.56. The highest BCUT2D eigenvalue weighted by molar-refractivity contribution is 9.10. The molecule has 1 atom stereocenters. The monoisotopic (exact) mass is 317 g/mol. The maximum atomic E-state index is 3.56. The summed E-state index contributed by atoms with van der Waals surface area (Å²) in [6.07, 6.45) is 1.10. The van der Waals surface area contributed by atoms with Crippen LogP contribution in [0.4, 0.5) is 0 Å². The zero-order valence-corrected chi connectivity index (χ0v) is 13.1. The van der Waals surface area contributed by atoms with Gasteiger partial charge in [-0.1, -0.05) is 59.3 Å². The molecule has 1 N–H and O–H groups in total. The molecule has 0 aliphatic heterocycles. The molecule has 0 fully saturated rings. The molecule has 1 nitrogen and oxygen atoms in total. The van der Waals surface area contributed by atoms with Gasteiger partial charge >= 0.3 is 0 Å². The molecular weight excluding hydrogens is 298 g/mol. The van der Waals surface area contributed by atoms with Crippen molar-refractivity contribution in [3.8, 4) is 0 Å². The summed E-state index contributed by atoms with van der Waals surface area (Å²) in [6, 6.07) is 17.7. The number of hydrogen-bond acceptors (Lipinski definition) is 1. The summed E-state index contributed by atoms with van der Waals surface area (Å²) in [7, 11) is 0. The van der Waals surface area contributed by atoms with E-state index in [0.29, 0.717) is 6.04 Å². The maximum Gasteiger partial charge on any atom is 0.0294 e. The lowest BCUT2D eigenvalue weighted by atomic mass is 10.0. The van der Waals surface area contributed by atoms with Crippen LogP contribution in [-0.2, 0) is 13.0 Å². The van der Waals surface area contributed by atoms with Crippen LogP contribution in [0.3, 0.4) is 0 Å². The van der Waals surface area contributed by atoms with Gasteiger partial charge in [0, 0.05) is 17.1 Å². The molecule has 2 rings (SSSR count). The van der Waals surface area contributed by atoms with E-state index in [1.807, 2.05) is 0 Å². The minimum Gasteiger partial charge on any atom is -0.306 e. The van der Waals surface area contributed by atoms with Crippen molar-refractivity contribution in [2.24, 2.45) is 0 Å². The fourth-order valence-electron chi connectivity index (χ4n) is 2.03. The number of aryl methyl sites for hydroxylation is 1. The van der Waals surface area contributed by atoms with Crippen molar-refractivity contribution in [3.05, 3.63) is 69.7 Å². The van der Waals surface area contributed by atoms with E-state index in [1.165, 1.54) is 16.7 Å². The summed E-state index contributed by atoms with van der Waals surface area (Å²) in [4.78, 5) is 0. The van der Waals surface area contributed by atoms with Crippen LogP contribution in [0.5, 0.6) is 0 Å². The van der Waals surface area contributed by atoms with Crippen LogP contribution >= 0.6 is 15.9 Å². The quantitative estimate of drug-likeness (QED) is 0.830. The third-order valence-corrected chi connectivity index (χ3v) is 3.94. The van der Waals surface area contributed by atoms with Crippen LogP contribution in [-0.4, -0.2) is 0 Å². The number of halogens is 1. The molecule has 0 aliphatic rings. The number of rotatable bonds is 5. The molecule has 0 amide bonds. The van der Waals surface area contributed by atoms with Crippen molar-refractivity contribution >= 4 is 15.9 Å². The predicted molar refractivity (Wildman–Crippen MR) is 85.2 cm³/mol. The van der Waals surface area contributed by atoms with Gasteiger partial charge in [-0.3, -0.25) is 0 Å². The SMILES string of the molecule is CCc1ccc(C(C)NCc2ccc(Br)cc2)cc1. The van der Waals surface area contributed by atoms with E-state index < -0.39 is 0 Å². The lowest BCUT2D eigenvalue weighted by molar-refractivity contribution is 0.574. The first-order valence-corrected chi connectivity index (χ1v) is 7.55. The Morgan fingerprint density at radius 3 is 2.11 bits per heavy atom. The van der Waals surface area contributed by atoms with Crippen LogP contribution in [0, 0.1) is 0 Å². The Labute approximate surface area is 124 Å². The van der Waals surface area contributed by atoms with Crippen LogP contribution < -0.4 is 5.32 Å². The molecule has 1 unspecified atom stereocenters. The second kappa shape index (κ2) is 6.88. The van der Waals surface area contributed by atoms with Gasteiger partial charge in [0.25, 0.3) is 0 Å². The van der Waals surface area contributed by atoms with Crippen molar-refractivity contribution in [1.82, 2.24) is 5.32 Å². The molecule has 0 bridgehead atoms. The molecule has 0 aliphatic carbocycles. The first kappa shape index (κ1) is 14.3. The van der Waals surface area contributed by atoms with Gasteiger partial charge in [0.15, 0.2) is 0 Å². The minimum atomic E-state index is 0.370. The molecule has 2 heteroatoms. The second-order valence-corrected chi connectivity index (χ2v) is 5.74. The molecule has 2 aromatic rings. The summed E-state index contributed by atoms with van der Waals surface area (Å²) in [5.74, 6) is 0. The summed E-state index contributed by atoms with van der Waals surface area (Å²) in [5, 5.41) is 3.56. The summed E-state index contributed by atoms with van der Waals surface area (Å²) in [6.45, 7) is 5.29. The Bertz CT molecular complexity index is 502. The Balaban J connectivity index is 1.93. The van der Waals surface area contributed by atoms with Gasteiger partial charge in [0.2, 0.25) is 0 Å². The van der Waals surface area contributed by atoms with E-state index in [9.17, 15) is 0 Å². The van der Waals surface area contributed by atoms with Crippen molar-refractivity contribution in [1.29, 1.82) is 0 Å². The number of nitrogens with one attached hydrogen (secondary N) is 1. The van der Waals surface area contributed by atoms with Crippen molar-refractivity contribution in [2.75, 3.05) is 0 Å². The zero-order chi connectivity index (χ0) is 13.7. The van der Waals surface area contributed by atoms with Gasteiger partial charge in [0.05, 0.1) is 0 Å². The Hall–Kier alpha value is -1.12. The number of benzene rings is 2. The molecule has 0 spiro atoms. The molecule has 19 heavy (non-hydrogen) atoms. The molecular formula is C17H20BrN. The fourth-order valence-corrected chi connectivity index (χ4v) is 2.30. The van der Waals surface area contributed by atoms with E-state index in [1.54, 1.807) is 0 Å². The Morgan fingerprint density at radius 2 is 1.53 bits per heavy atom. The fraction of sp³-hybridized carbons (Fsp3) is 0.294. The zero-order valence-electron chi connectivity index (χ0n) is 11.5. The molecule has 100 valence electrons. The average molecular weight is 318 g/mol. The highest BCUT2D eigenvalue weighted by Crippen LogP contribution is 2.15. The average Bonchev–Trinajstić information content (AvgIpc) is 2.46. The topological polar surface area (TPSA) is 12.0 Å². The first-order valence-electron chi connectivity index (χ1n) is 6.75. The molecule has 0 saturated heterocycles. The Morgan fingerprint density at radius 1 is 0.947 bits per heavy atom. The molecule has 0 radical (unpaired) electrons. The minimum absolute atomic E-state index is 0.370. The lowest BCUT2D eigenvalue weighted by Gasteiger charge is -2.15. The van der Waals surface area contributed by atoms with Crippen LogP contribution in [0.2, 0.25) is 0 Å². The summed E-state index contributed by atoms with van der Waals surface area (Å²) < 4.78 is 1.12. The normalized spacial score (nSPS) is 12.4. The largest absolute Gasteiger partial charge is 0.306 e. The van der Waals surface area contributed by atoms with Crippen LogP contribution in [0.15, 0.2) is 53.0 Å². The van der Waals surface area contributed by atoms with E-state index in [4.69, 9.17) is 0 Å². The van der Waals surface area contributed by atoms with E-state index in [-0.39, 0.29) is 0 Å². The van der Waals surface area contributed by atoms with Gasteiger partial charge in [0.1, 0.15) is 0 Å². The molecule has 2 aromatic carbocycles. The standard InChI is InChI=1S/C17H20BrN/c1-3-14-4-8-16(9-5-14)13(2)19-12-15-6-10-17(18)11-7-15/h4-11,13,19H,3,12H2,1-2H3. The van der Waals surface area contributed by atoms with Crippen LogP contribution in [0.25, 0.3) is 0 Å². The predicted octanol–water partition coefficient (Wildman–Crippen LogP) is 4.86. The van der Waals surface area contributed by atoms with Gasteiger partial charge in [-0.2, -0.15) is 0 Å². The third-order valence-electron chi connectivity index (χ3n) is 3.41. The van der Waals surface area contributed by atoms with Crippen LogP contribution in [0.1, 0.15) is 36.6 Å². The Kier molecular flexibility index (Phi) is 5.17. The van der Waals surface area contributed by atoms with Gasteiger partial charge < -0.3 is 5.32 Å². The lowest BCUT2D eigenvalue weighted by Crippen LogP contribution is -2.17. The van der Waals surface area contributed by atoms with Crippen molar-refractivity contribution in [3.63, 3.8) is 0 Å². The van der Waals surface area contributed by atoms with Gasteiger partial charge in [-0.15, -0.1) is 0 Å². The highest BCUT2D eigenvalue weighted by Gasteiger charge is 2.04. The van der Waals surface area contributed by atoms with Crippen molar-refractivity contribution in [2.45, 2.75) is 32.9 Å².